The Balaban J connectivity index is 1.96. The number of hydrogen-bond acceptors (Lipinski definition) is 3. The van der Waals surface area contributed by atoms with Crippen molar-refractivity contribution in [3.05, 3.63) is 36.7 Å². The topological polar surface area (TPSA) is 29.9 Å². The second-order valence-corrected chi connectivity index (χ2v) is 6.80. The molecule has 1 N–H and O–H groups in total. The molecule has 0 unspecified atom stereocenters. The van der Waals surface area contributed by atoms with Gasteiger partial charge in [-0.1, -0.05) is 11.6 Å². The van der Waals surface area contributed by atoms with Gasteiger partial charge < -0.3 is 5.32 Å². The second kappa shape index (κ2) is 5.74. The van der Waals surface area contributed by atoms with E-state index in [1.807, 2.05) is 18.7 Å². The van der Waals surface area contributed by atoms with Gasteiger partial charge in [0.1, 0.15) is 4.34 Å². The Morgan fingerprint density at radius 1 is 1.44 bits per heavy atom. The third kappa shape index (κ3) is 2.96. The van der Waals surface area contributed by atoms with Gasteiger partial charge in [0, 0.05) is 40.7 Å². The highest BCUT2D eigenvalue weighted by Crippen LogP contribution is 2.31. The highest BCUT2D eigenvalue weighted by atomic mass is 79.9. The summed E-state index contributed by atoms with van der Waals surface area (Å²) in [6.45, 7) is 5.79. The average Bonchev–Trinajstić information content (AvgIpc) is 2.73. The molecule has 2 aromatic rings. The monoisotopic (exact) mass is 347 g/mol. The minimum atomic E-state index is 0.806. The fraction of sp³-hybridized carbons (Fsp3) is 0.417. The van der Waals surface area contributed by atoms with Gasteiger partial charge in [-0.2, -0.15) is 5.10 Å². The summed E-state index contributed by atoms with van der Waals surface area (Å²) in [7, 11) is 1.97. The van der Waals surface area contributed by atoms with Crippen molar-refractivity contribution in [2.75, 3.05) is 0 Å². The molecule has 0 aliphatic rings. The fourth-order valence-electron chi connectivity index (χ4n) is 1.86. The van der Waals surface area contributed by atoms with Crippen molar-refractivity contribution in [1.29, 1.82) is 0 Å². The summed E-state index contributed by atoms with van der Waals surface area (Å²) >= 11 is 11.0. The van der Waals surface area contributed by atoms with Gasteiger partial charge in [0.05, 0.1) is 5.69 Å². The van der Waals surface area contributed by atoms with Crippen LogP contribution in [0.4, 0.5) is 0 Å². The van der Waals surface area contributed by atoms with Crippen molar-refractivity contribution in [3.8, 4) is 0 Å². The number of aryl methyl sites for hydroxylation is 2. The maximum absolute atomic E-state index is 6.01. The number of hydrogen-bond donors (Lipinski definition) is 1. The van der Waals surface area contributed by atoms with E-state index in [9.17, 15) is 0 Å². The highest BCUT2D eigenvalue weighted by molar-refractivity contribution is 9.10. The average molecular weight is 349 g/mol. The zero-order valence-corrected chi connectivity index (χ0v) is 13.7. The second-order valence-electron chi connectivity index (χ2n) is 4.21. The molecule has 0 bridgehead atoms. The molecule has 18 heavy (non-hydrogen) atoms. The summed E-state index contributed by atoms with van der Waals surface area (Å²) in [6.07, 6.45) is 0. The van der Waals surface area contributed by atoms with E-state index in [0.717, 1.165) is 27.6 Å². The summed E-state index contributed by atoms with van der Waals surface area (Å²) in [5.74, 6) is 0. The van der Waals surface area contributed by atoms with Crippen molar-refractivity contribution in [2.24, 2.45) is 7.05 Å². The standard InChI is InChI=1S/C12H15BrClN3S/c1-7-10(8(2)17(3)16-7)6-15-5-9-4-11(13)12(14)18-9/h4,15H,5-6H2,1-3H3. The molecule has 0 aliphatic carbocycles. The van der Waals surface area contributed by atoms with Gasteiger partial charge in [-0.25, -0.2) is 0 Å². The van der Waals surface area contributed by atoms with Crippen LogP contribution >= 0.6 is 38.9 Å². The van der Waals surface area contributed by atoms with Crippen LogP contribution in [0.5, 0.6) is 0 Å². The number of aromatic nitrogens is 2. The Labute approximate surface area is 124 Å². The number of rotatable bonds is 4. The first-order chi connectivity index (χ1) is 8.49. The third-order valence-corrected chi connectivity index (χ3v) is 5.43. The molecule has 2 rings (SSSR count). The summed E-state index contributed by atoms with van der Waals surface area (Å²) < 4.78 is 3.70. The molecule has 0 aliphatic heterocycles. The molecule has 3 nitrogen and oxygen atoms in total. The van der Waals surface area contributed by atoms with Gasteiger partial charge in [0.2, 0.25) is 0 Å². The lowest BCUT2D eigenvalue weighted by atomic mass is 10.2. The Hall–Kier alpha value is -0.360. The van der Waals surface area contributed by atoms with Gasteiger partial charge in [-0.15, -0.1) is 11.3 Å². The van der Waals surface area contributed by atoms with Crippen LogP contribution in [0.2, 0.25) is 4.34 Å². The first-order valence-corrected chi connectivity index (χ1v) is 7.61. The first kappa shape index (κ1) is 14.1. The van der Waals surface area contributed by atoms with Gasteiger partial charge in [-0.3, -0.25) is 4.68 Å². The SMILES string of the molecule is Cc1nn(C)c(C)c1CNCc1cc(Br)c(Cl)s1. The smallest absolute Gasteiger partial charge is 0.107 e. The Morgan fingerprint density at radius 3 is 2.67 bits per heavy atom. The molecular weight excluding hydrogens is 334 g/mol. The van der Waals surface area contributed by atoms with Gasteiger partial charge >= 0.3 is 0 Å². The van der Waals surface area contributed by atoms with E-state index in [1.165, 1.54) is 16.1 Å². The lowest BCUT2D eigenvalue weighted by Crippen LogP contribution is -2.13. The highest BCUT2D eigenvalue weighted by Gasteiger charge is 2.09. The summed E-state index contributed by atoms with van der Waals surface area (Å²) in [4.78, 5) is 1.23. The van der Waals surface area contributed by atoms with Crippen molar-refractivity contribution < 1.29 is 0 Å². The number of nitrogens with zero attached hydrogens (tertiary/aromatic N) is 2. The molecule has 0 saturated carbocycles. The summed E-state index contributed by atoms with van der Waals surface area (Å²) in [5.41, 5.74) is 3.58. The van der Waals surface area contributed by atoms with E-state index in [4.69, 9.17) is 11.6 Å². The van der Waals surface area contributed by atoms with Crippen LogP contribution in [0, 0.1) is 13.8 Å². The minimum Gasteiger partial charge on any atom is -0.308 e. The van der Waals surface area contributed by atoms with Crippen LogP contribution in [0.15, 0.2) is 10.5 Å². The van der Waals surface area contributed by atoms with E-state index >= 15 is 0 Å². The maximum Gasteiger partial charge on any atom is 0.107 e. The fourth-order valence-corrected chi connectivity index (χ4v) is 3.62. The molecule has 0 spiro atoms. The van der Waals surface area contributed by atoms with Crippen molar-refractivity contribution >= 4 is 38.9 Å². The van der Waals surface area contributed by atoms with Crippen molar-refractivity contribution in [1.82, 2.24) is 15.1 Å². The predicted molar refractivity (Wildman–Crippen MR) is 80.3 cm³/mol. The molecular formula is C12H15BrClN3S. The molecule has 0 atom stereocenters. The Morgan fingerprint density at radius 2 is 2.17 bits per heavy atom. The van der Waals surface area contributed by atoms with E-state index < -0.39 is 0 Å². The van der Waals surface area contributed by atoms with Crippen molar-refractivity contribution in [2.45, 2.75) is 26.9 Å². The minimum absolute atomic E-state index is 0.806. The van der Waals surface area contributed by atoms with E-state index in [2.05, 4.69) is 39.3 Å². The van der Waals surface area contributed by atoms with E-state index in [-0.39, 0.29) is 0 Å². The molecule has 0 aromatic carbocycles. The van der Waals surface area contributed by atoms with Crippen LogP contribution in [0.25, 0.3) is 0 Å². The third-order valence-electron chi connectivity index (χ3n) is 2.96. The lowest BCUT2D eigenvalue weighted by molar-refractivity contribution is 0.690. The molecule has 0 saturated heterocycles. The van der Waals surface area contributed by atoms with E-state index in [1.54, 1.807) is 11.3 Å². The van der Waals surface area contributed by atoms with Gasteiger partial charge in [-0.05, 0) is 35.8 Å². The predicted octanol–water partition coefficient (Wildman–Crippen LogP) is 3.80. The zero-order chi connectivity index (χ0) is 13.3. The summed E-state index contributed by atoms with van der Waals surface area (Å²) in [5, 5.41) is 7.84. The molecule has 6 heteroatoms. The summed E-state index contributed by atoms with van der Waals surface area (Å²) in [6, 6.07) is 2.06. The van der Waals surface area contributed by atoms with Crippen molar-refractivity contribution in [3.63, 3.8) is 0 Å². The zero-order valence-electron chi connectivity index (χ0n) is 10.6. The molecule has 98 valence electrons. The maximum atomic E-state index is 6.01. The molecule has 0 fully saturated rings. The first-order valence-electron chi connectivity index (χ1n) is 5.62. The normalized spacial score (nSPS) is 11.2. The van der Waals surface area contributed by atoms with Crippen LogP contribution in [-0.2, 0) is 20.1 Å². The number of nitrogens with one attached hydrogen (secondary N) is 1. The number of thiophene rings is 1. The van der Waals surface area contributed by atoms with E-state index in [0.29, 0.717) is 0 Å². The van der Waals surface area contributed by atoms with Crippen LogP contribution in [0.3, 0.4) is 0 Å². The molecule has 0 radical (unpaired) electrons. The molecule has 2 heterocycles. The van der Waals surface area contributed by atoms with Crippen LogP contribution in [0.1, 0.15) is 21.8 Å². The largest absolute Gasteiger partial charge is 0.308 e. The van der Waals surface area contributed by atoms with Gasteiger partial charge in [0.25, 0.3) is 0 Å². The lowest BCUT2D eigenvalue weighted by Gasteiger charge is -2.03. The quantitative estimate of drug-likeness (QED) is 0.910. The van der Waals surface area contributed by atoms with Crippen LogP contribution < -0.4 is 5.32 Å². The number of halogens is 2. The van der Waals surface area contributed by atoms with Gasteiger partial charge in [0.15, 0.2) is 0 Å². The van der Waals surface area contributed by atoms with Crippen LogP contribution in [-0.4, -0.2) is 9.78 Å². The molecule has 2 aromatic heterocycles. The Bertz CT molecular complexity index is 542. The molecule has 0 amide bonds. The Kier molecular flexibility index (Phi) is 4.48.